The molecule has 1 unspecified atom stereocenters. The normalized spacial score (nSPS) is 18.7. The smallest absolute Gasteiger partial charge is 0.239 e. The lowest BCUT2D eigenvalue weighted by Gasteiger charge is -2.28. The van der Waals surface area contributed by atoms with Gasteiger partial charge in [0.1, 0.15) is 11.8 Å². The molecule has 1 aromatic rings. The van der Waals surface area contributed by atoms with Crippen molar-refractivity contribution in [3.63, 3.8) is 0 Å². The SMILES string of the molecule is NC(=O)CNC(=O)[C@@H]1CCCN1N[C@@H](Cc1ccc(O)cc1)C(=O)P. The predicted molar refractivity (Wildman–Crippen MR) is 95.4 cm³/mol. The van der Waals surface area contributed by atoms with Crippen LogP contribution in [0.3, 0.4) is 0 Å². The number of phenols is 1. The first-order chi connectivity index (χ1) is 11.9. The van der Waals surface area contributed by atoms with E-state index < -0.39 is 18.0 Å². The Morgan fingerprint density at radius 1 is 1.32 bits per heavy atom. The number of aromatic hydroxyl groups is 1. The first-order valence-electron chi connectivity index (χ1n) is 8.03. The van der Waals surface area contributed by atoms with Crippen LogP contribution in [-0.2, 0) is 20.8 Å². The molecule has 0 aliphatic carbocycles. The van der Waals surface area contributed by atoms with E-state index in [1.54, 1.807) is 29.3 Å². The van der Waals surface area contributed by atoms with Crippen molar-refractivity contribution in [3.8, 4) is 5.75 Å². The molecule has 9 heteroatoms. The Bertz CT molecular complexity index is 638. The number of carbonyl (C=O) groups excluding carboxylic acids is 3. The minimum Gasteiger partial charge on any atom is -0.508 e. The maximum Gasteiger partial charge on any atom is 0.239 e. The molecular weight excluding hydrogens is 343 g/mol. The van der Waals surface area contributed by atoms with Crippen molar-refractivity contribution < 1.29 is 19.5 Å². The molecule has 0 bridgehead atoms. The van der Waals surface area contributed by atoms with Crippen molar-refractivity contribution in [2.45, 2.75) is 31.3 Å². The Kier molecular flexibility index (Phi) is 6.87. The number of hydrogen-bond donors (Lipinski definition) is 4. The number of nitrogens with zero attached hydrogens (tertiary/aromatic N) is 1. The molecule has 1 saturated heterocycles. The zero-order valence-electron chi connectivity index (χ0n) is 13.8. The molecule has 8 nitrogen and oxygen atoms in total. The zero-order chi connectivity index (χ0) is 18.4. The van der Waals surface area contributed by atoms with Crippen LogP contribution in [0.2, 0.25) is 0 Å². The highest BCUT2D eigenvalue weighted by Crippen LogP contribution is 2.18. The molecule has 0 radical (unpaired) electrons. The van der Waals surface area contributed by atoms with E-state index in [0.717, 1.165) is 12.0 Å². The third-order valence-electron chi connectivity index (χ3n) is 4.03. The Morgan fingerprint density at radius 3 is 2.60 bits per heavy atom. The lowest BCUT2D eigenvalue weighted by atomic mass is 10.1. The quantitative estimate of drug-likeness (QED) is 0.450. The maximum atomic E-state index is 12.2. The van der Waals surface area contributed by atoms with Crippen LogP contribution >= 0.6 is 9.24 Å². The van der Waals surface area contributed by atoms with Crippen molar-refractivity contribution in [2.75, 3.05) is 13.1 Å². The Labute approximate surface area is 148 Å². The number of phenolic OH excluding ortho intramolecular Hbond substituents is 1. The van der Waals surface area contributed by atoms with E-state index in [1.807, 2.05) is 0 Å². The van der Waals surface area contributed by atoms with Crippen molar-refractivity contribution in [1.29, 1.82) is 0 Å². The molecular formula is C16H23N4O4P. The summed E-state index contributed by atoms with van der Waals surface area (Å²) in [6.45, 7) is 0.418. The van der Waals surface area contributed by atoms with Crippen LogP contribution in [0, 0.1) is 0 Å². The van der Waals surface area contributed by atoms with Gasteiger partial charge in [-0.15, -0.1) is 0 Å². The second kappa shape index (κ2) is 8.89. The lowest BCUT2D eigenvalue weighted by Crippen LogP contribution is -2.55. The highest BCUT2D eigenvalue weighted by molar-refractivity contribution is 7.40. The molecule has 3 atom stereocenters. The lowest BCUT2D eigenvalue weighted by molar-refractivity contribution is -0.129. The molecule has 1 heterocycles. The summed E-state index contributed by atoms with van der Waals surface area (Å²) in [6.07, 6.45) is 1.86. The third-order valence-corrected chi connectivity index (χ3v) is 4.44. The number of hydrazine groups is 1. The third kappa shape index (κ3) is 5.77. The zero-order valence-corrected chi connectivity index (χ0v) is 14.9. The number of nitrogens with two attached hydrogens (primary N) is 1. The van der Waals surface area contributed by atoms with Gasteiger partial charge >= 0.3 is 0 Å². The molecule has 5 N–H and O–H groups in total. The minimum absolute atomic E-state index is 0.128. The van der Waals surface area contributed by atoms with Crippen LogP contribution in [0.15, 0.2) is 24.3 Å². The van der Waals surface area contributed by atoms with Crippen LogP contribution < -0.4 is 16.5 Å². The summed E-state index contributed by atoms with van der Waals surface area (Å²) in [5, 5.41) is 13.6. The molecule has 0 aromatic heterocycles. The topological polar surface area (TPSA) is 125 Å². The summed E-state index contributed by atoms with van der Waals surface area (Å²) in [6, 6.07) is 5.66. The van der Waals surface area contributed by atoms with Crippen molar-refractivity contribution >= 4 is 26.6 Å². The fourth-order valence-corrected chi connectivity index (χ4v) is 2.96. The van der Waals surface area contributed by atoms with Gasteiger partial charge in [0.25, 0.3) is 0 Å². The molecule has 0 spiro atoms. The van der Waals surface area contributed by atoms with Gasteiger partial charge in [-0.2, -0.15) is 0 Å². The van der Waals surface area contributed by atoms with Crippen molar-refractivity contribution in [3.05, 3.63) is 29.8 Å². The summed E-state index contributed by atoms with van der Waals surface area (Å²) >= 11 is 0. The number of nitrogens with one attached hydrogen (secondary N) is 2. The number of primary amides is 1. The van der Waals surface area contributed by atoms with Gasteiger partial charge in [0.05, 0.1) is 12.6 Å². The Morgan fingerprint density at radius 2 is 2.00 bits per heavy atom. The van der Waals surface area contributed by atoms with Crippen LogP contribution in [-0.4, -0.2) is 52.6 Å². The van der Waals surface area contributed by atoms with Gasteiger partial charge in [0.2, 0.25) is 11.8 Å². The molecule has 1 aliphatic rings. The van der Waals surface area contributed by atoms with E-state index in [1.165, 1.54) is 0 Å². The summed E-state index contributed by atoms with van der Waals surface area (Å²) in [5.41, 5.74) is 8.92. The first-order valence-corrected chi connectivity index (χ1v) is 8.60. The second-order valence-electron chi connectivity index (χ2n) is 5.99. The summed E-state index contributed by atoms with van der Waals surface area (Å²) in [5.74, 6) is -0.726. The van der Waals surface area contributed by atoms with Crippen LogP contribution in [0.4, 0.5) is 0 Å². The highest BCUT2D eigenvalue weighted by Gasteiger charge is 2.33. The highest BCUT2D eigenvalue weighted by atomic mass is 31.0. The second-order valence-corrected chi connectivity index (χ2v) is 6.56. The van der Waals surface area contributed by atoms with Gasteiger partial charge in [-0.1, -0.05) is 21.4 Å². The number of rotatable bonds is 8. The molecule has 1 aromatic carbocycles. The summed E-state index contributed by atoms with van der Waals surface area (Å²) < 4.78 is 0. The monoisotopic (exact) mass is 366 g/mol. The molecule has 2 rings (SSSR count). The largest absolute Gasteiger partial charge is 0.508 e. The van der Waals surface area contributed by atoms with Crippen LogP contribution in [0.1, 0.15) is 18.4 Å². The Balaban J connectivity index is 1.99. The van der Waals surface area contributed by atoms with Gasteiger partial charge in [-0.3, -0.25) is 14.4 Å². The number of amides is 2. The van der Waals surface area contributed by atoms with E-state index in [4.69, 9.17) is 5.73 Å². The first kappa shape index (κ1) is 19.3. The summed E-state index contributed by atoms with van der Waals surface area (Å²) in [4.78, 5) is 35.0. The van der Waals surface area contributed by atoms with Gasteiger partial charge in [-0.05, 0) is 37.0 Å². The van der Waals surface area contributed by atoms with Gasteiger partial charge in [0.15, 0.2) is 5.52 Å². The van der Waals surface area contributed by atoms with E-state index in [9.17, 15) is 19.5 Å². The average molecular weight is 366 g/mol. The van der Waals surface area contributed by atoms with E-state index in [2.05, 4.69) is 20.0 Å². The minimum atomic E-state index is -0.601. The van der Waals surface area contributed by atoms with Crippen LogP contribution in [0.25, 0.3) is 0 Å². The molecule has 2 amide bonds. The standard InChI is InChI=1S/C16H23N4O4P/c17-14(22)9-18-15(23)13-2-1-7-20(13)19-12(16(24)25)8-10-3-5-11(21)6-4-10/h3-6,12-13,19,21H,1-2,7-9,25H2,(H2,17,22)(H,18,23)/t12-,13-/m0/s1. The molecule has 25 heavy (non-hydrogen) atoms. The van der Waals surface area contributed by atoms with E-state index in [-0.39, 0.29) is 23.7 Å². The van der Waals surface area contributed by atoms with Crippen molar-refractivity contribution in [2.24, 2.45) is 5.73 Å². The van der Waals surface area contributed by atoms with Gasteiger partial charge < -0.3 is 16.2 Å². The number of hydrogen-bond acceptors (Lipinski definition) is 6. The predicted octanol–water partition coefficient (Wildman–Crippen LogP) is -0.724. The average Bonchev–Trinajstić information content (AvgIpc) is 3.02. The van der Waals surface area contributed by atoms with E-state index >= 15 is 0 Å². The number of carbonyl (C=O) groups is 3. The fraction of sp³-hybridized carbons (Fsp3) is 0.438. The van der Waals surface area contributed by atoms with Gasteiger partial charge in [0, 0.05) is 6.54 Å². The molecule has 1 aliphatic heterocycles. The molecule has 0 saturated carbocycles. The van der Waals surface area contributed by atoms with E-state index in [0.29, 0.717) is 19.4 Å². The Hall–Kier alpha value is -2.02. The molecule has 1 fully saturated rings. The molecule has 136 valence electrons. The maximum absolute atomic E-state index is 12.2. The summed E-state index contributed by atoms with van der Waals surface area (Å²) in [7, 11) is 2.16. The number of benzene rings is 1. The van der Waals surface area contributed by atoms with Crippen molar-refractivity contribution in [1.82, 2.24) is 15.8 Å². The fourth-order valence-electron chi connectivity index (χ4n) is 2.76. The van der Waals surface area contributed by atoms with Crippen LogP contribution in [0.5, 0.6) is 5.75 Å². The van der Waals surface area contributed by atoms with Gasteiger partial charge in [-0.25, -0.2) is 10.4 Å².